The molecule has 0 saturated carbocycles. The van der Waals surface area contributed by atoms with Crippen molar-refractivity contribution < 1.29 is 23.9 Å². The zero-order valence-electron chi connectivity index (χ0n) is 15.0. The van der Waals surface area contributed by atoms with E-state index in [2.05, 4.69) is 5.32 Å². The van der Waals surface area contributed by atoms with Crippen LogP contribution >= 0.6 is 0 Å². The number of methoxy groups -OCH3 is 1. The van der Waals surface area contributed by atoms with Gasteiger partial charge in [-0.05, 0) is 12.5 Å². The maximum Gasteiger partial charge on any atom is 0.356 e. The van der Waals surface area contributed by atoms with Gasteiger partial charge in [0.25, 0.3) is 0 Å². The molecule has 2 aromatic carbocycles. The van der Waals surface area contributed by atoms with Crippen molar-refractivity contribution in [3.05, 3.63) is 82.6 Å². The first-order chi connectivity index (χ1) is 13.0. The van der Waals surface area contributed by atoms with Gasteiger partial charge in [0, 0.05) is 12.1 Å². The minimum Gasteiger partial charge on any atom is -0.465 e. The van der Waals surface area contributed by atoms with E-state index in [9.17, 15) is 14.4 Å². The SMILES string of the molecule is COC(=O)C1=C(NCc2ccc(C)cc2)C(=O)OC1C(=O)c1ccccc1. The number of carbonyl (C=O) groups excluding carboxylic acids is 3. The molecule has 0 aromatic heterocycles. The smallest absolute Gasteiger partial charge is 0.356 e. The summed E-state index contributed by atoms with van der Waals surface area (Å²) in [5, 5.41) is 2.92. The molecule has 1 aliphatic rings. The largest absolute Gasteiger partial charge is 0.465 e. The molecule has 3 rings (SSSR count). The third kappa shape index (κ3) is 3.89. The number of cyclic esters (lactones) is 1. The summed E-state index contributed by atoms with van der Waals surface area (Å²) in [5.41, 5.74) is 2.22. The summed E-state index contributed by atoms with van der Waals surface area (Å²) in [6.45, 7) is 2.28. The first-order valence-electron chi connectivity index (χ1n) is 8.43. The average Bonchev–Trinajstić information content (AvgIpc) is 3.03. The molecule has 1 N–H and O–H groups in total. The Labute approximate surface area is 156 Å². The molecule has 0 saturated heterocycles. The molecule has 1 heterocycles. The average molecular weight is 365 g/mol. The zero-order valence-corrected chi connectivity index (χ0v) is 15.0. The monoisotopic (exact) mass is 365 g/mol. The zero-order chi connectivity index (χ0) is 19.4. The molecule has 0 fully saturated rings. The van der Waals surface area contributed by atoms with Gasteiger partial charge in [-0.3, -0.25) is 4.79 Å². The van der Waals surface area contributed by atoms with Crippen LogP contribution in [0.15, 0.2) is 65.9 Å². The van der Waals surface area contributed by atoms with Gasteiger partial charge in [-0.15, -0.1) is 0 Å². The summed E-state index contributed by atoms with van der Waals surface area (Å²) in [6, 6.07) is 16.1. The molecular formula is C21H19NO5. The summed E-state index contributed by atoms with van der Waals surface area (Å²) >= 11 is 0. The molecule has 1 atom stereocenters. The minimum absolute atomic E-state index is 0.0447. The molecule has 0 bridgehead atoms. The Morgan fingerprint density at radius 1 is 1.07 bits per heavy atom. The molecule has 0 aliphatic carbocycles. The molecule has 6 nitrogen and oxygen atoms in total. The topological polar surface area (TPSA) is 81.7 Å². The van der Waals surface area contributed by atoms with E-state index >= 15 is 0 Å². The first-order valence-corrected chi connectivity index (χ1v) is 8.43. The predicted octanol–water partition coefficient (Wildman–Crippen LogP) is 2.32. The lowest BCUT2D eigenvalue weighted by Gasteiger charge is -2.11. The normalized spacial score (nSPS) is 16.1. The van der Waals surface area contributed by atoms with Crippen LogP contribution in [0.4, 0.5) is 0 Å². The minimum atomic E-state index is -1.33. The number of rotatable bonds is 6. The van der Waals surface area contributed by atoms with Crippen molar-refractivity contribution >= 4 is 17.7 Å². The number of carbonyl (C=O) groups is 3. The second-order valence-electron chi connectivity index (χ2n) is 6.14. The van der Waals surface area contributed by atoms with Gasteiger partial charge in [-0.2, -0.15) is 0 Å². The summed E-state index contributed by atoms with van der Waals surface area (Å²) in [7, 11) is 1.19. The van der Waals surface area contributed by atoms with Crippen molar-refractivity contribution in [3.63, 3.8) is 0 Å². The van der Waals surface area contributed by atoms with Crippen LogP contribution in [-0.2, 0) is 25.6 Å². The second-order valence-corrected chi connectivity index (χ2v) is 6.14. The van der Waals surface area contributed by atoms with Crippen LogP contribution in [0.1, 0.15) is 21.5 Å². The summed E-state index contributed by atoms with van der Waals surface area (Å²) in [6.07, 6.45) is -1.33. The van der Waals surface area contributed by atoms with Crippen LogP contribution in [0.2, 0.25) is 0 Å². The van der Waals surface area contributed by atoms with Crippen molar-refractivity contribution in [2.24, 2.45) is 0 Å². The number of hydrogen-bond donors (Lipinski definition) is 1. The number of nitrogens with one attached hydrogen (secondary N) is 1. The number of aryl methyl sites for hydroxylation is 1. The van der Waals surface area contributed by atoms with E-state index < -0.39 is 23.8 Å². The molecule has 27 heavy (non-hydrogen) atoms. The van der Waals surface area contributed by atoms with Crippen LogP contribution in [0.25, 0.3) is 0 Å². The van der Waals surface area contributed by atoms with Gasteiger partial charge >= 0.3 is 11.9 Å². The lowest BCUT2D eigenvalue weighted by Crippen LogP contribution is -2.28. The number of esters is 2. The van der Waals surface area contributed by atoms with Gasteiger partial charge in [-0.1, -0.05) is 60.2 Å². The fraction of sp³-hybridized carbons (Fsp3) is 0.190. The highest BCUT2D eigenvalue weighted by atomic mass is 16.6. The fourth-order valence-corrected chi connectivity index (χ4v) is 2.79. The van der Waals surface area contributed by atoms with Gasteiger partial charge in [0.2, 0.25) is 5.78 Å². The Morgan fingerprint density at radius 3 is 2.37 bits per heavy atom. The van der Waals surface area contributed by atoms with Crippen molar-refractivity contribution in [2.45, 2.75) is 19.6 Å². The maximum atomic E-state index is 12.7. The Morgan fingerprint density at radius 2 is 1.74 bits per heavy atom. The number of benzene rings is 2. The Kier molecular flexibility index (Phi) is 5.35. The molecule has 138 valence electrons. The van der Waals surface area contributed by atoms with E-state index in [0.717, 1.165) is 11.1 Å². The van der Waals surface area contributed by atoms with Gasteiger partial charge in [0.05, 0.1) is 7.11 Å². The number of Topliss-reactive ketones (excluding diaryl/α,β-unsaturated/α-hetero) is 1. The number of ketones is 1. The highest BCUT2D eigenvalue weighted by Gasteiger charge is 2.43. The third-order valence-electron chi connectivity index (χ3n) is 4.25. The molecule has 1 unspecified atom stereocenters. The summed E-state index contributed by atoms with van der Waals surface area (Å²) in [5.74, 6) is -2.00. The quantitative estimate of drug-likeness (QED) is 0.625. The van der Waals surface area contributed by atoms with Crippen molar-refractivity contribution in [1.82, 2.24) is 5.32 Å². The highest BCUT2D eigenvalue weighted by molar-refractivity contribution is 6.14. The Hall–Kier alpha value is -3.41. The van der Waals surface area contributed by atoms with Gasteiger partial charge in [0.1, 0.15) is 11.3 Å². The molecule has 1 aliphatic heterocycles. The number of hydrogen-bond acceptors (Lipinski definition) is 6. The highest BCUT2D eigenvalue weighted by Crippen LogP contribution is 2.26. The molecule has 2 aromatic rings. The Bertz CT molecular complexity index is 900. The van der Waals surface area contributed by atoms with Crippen molar-refractivity contribution in [2.75, 3.05) is 7.11 Å². The van der Waals surface area contributed by atoms with E-state index in [1.54, 1.807) is 30.3 Å². The molecule has 0 spiro atoms. The predicted molar refractivity (Wildman–Crippen MR) is 97.7 cm³/mol. The van der Waals surface area contributed by atoms with Gasteiger partial charge in [-0.25, -0.2) is 9.59 Å². The van der Waals surface area contributed by atoms with E-state index in [0.29, 0.717) is 12.1 Å². The molecule has 0 amide bonds. The molecular weight excluding hydrogens is 346 g/mol. The first kappa shape index (κ1) is 18.4. The maximum absolute atomic E-state index is 12.7. The van der Waals surface area contributed by atoms with Crippen LogP contribution in [-0.4, -0.2) is 30.9 Å². The second kappa shape index (κ2) is 7.86. The Balaban J connectivity index is 1.89. The summed E-state index contributed by atoms with van der Waals surface area (Å²) in [4.78, 5) is 37.3. The van der Waals surface area contributed by atoms with E-state index in [-0.39, 0.29) is 11.3 Å². The van der Waals surface area contributed by atoms with Crippen LogP contribution in [0.3, 0.4) is 0 Å². The van der Waals surface area contributed by atoms with Gasteiger partial charge in [0.15, 0.2) is 6.10 Å². The standard InChI is InChI=1S/C21H19NO5/c1-13-8-10-14(11-9-13)12-22-17-16(20(24)26-2)19(27-21(17)25)18(23)15-6-4-3-5-7-15/h3-11,19,22H,12H2,1-2H3. The van der Waals surface area contributed by atoms with Gasteiger partial charge < -0.3 is 14.8 Å². The number of ether oxygens (including phenoxy) is 2. The van der Waals surface area contributed by atoms with Crippen molar-refractivity contribution in [1.29, 1.82) is 0 Å². The third-order valence-corrected chi connectivity index (χ3v) is 4.25. The fourth-order valence-electron chi connectivity index (χ4n) is 2.79. The van der Waals surface area contributed by atoms with E-state index in [1.807, 2.05) is 31.2 Å². The lowest BCUT2D eigenvalue weighted by atomic mass is 10.00. The van der Waals surface area contributed by atoms with Crippen LogP contribution in [0.5, 0.6) is 0 Å². The van der Waals surface area contributed by atoms with E-state index in [4.69, 9.17) is 9.47 Å². The molecule has 6 heteroatoms. The summed E-state index contributed by atoms with van der Waals surface area (Å²) < 4.78 is 9.98. The lowest BCUT2D eigenvalue weighted by molar-refractivity contribution is -0.139. The van der Waals surface area contributed by atoms with Crippen molar-refractivity contribution in [3.8, 4) is 0 Å². The van der Waals surface area contributed by atoms with Crippen LogP contribution < -0.4 is 5.32 Å². The van der Waals surface area contributed by atoms with E-state index in [1.165, 1.54) is 7.11 Å². The van der Waals surface area contributed by atoms with Crippen LogP contribution in [0, 0.1) is 6.92 Å². The molecule has 0 radical (unpaired) electrons.